The van der Waals surface area contributed by atoms with Gasteiger partial charge in [0.1, 0.15) is 0 Å². The molecule has 6 nitrogen and oxygen atoms in total. The third-order valence-corrected chi connectivity index (χ3v) is 6.53. The van der Waals surface area contributed by atoms with Crippen molar-refractivity contribution in [1.82, 2.24) is 10.2 Å². The molecule has 0 aromatic heterocycles. The highest BCUT2D eigenvalue weighted by atomic mass is 16.5. The van der Waals surface area contributed by atoms with Crippen LogP contribution in [0.2, 0.25) is 0 Å². The lowest BCUT2D eigenvalue weighted by molar-refractivity contribution is 0.0656. The minimum atomic E-state index is -0.193. The Kier molecular flexibility index (Phi) is 7.53. The third kappa shape index (κ3) is 5.15. The normalized spacial score (nSPS) is 15.9. The number of carbonyl (C=O) groups excluding carboxylic acids is 2. The molecule has 1 fully saturated rings. The Morgan fingerprint density at radius 1 is 1.03 bits per heavy atom. The fourth-order valence-electron chi connectivity index (χ4n) is 4.93. The first-order valence-corrected chi connectivity index (χ1v) is 12.2. The van der Waals surface area contributed by atoms with Crippen LogP contribution in [0.3, 0.4) is 0 Å². The summed E-state index contributed by atoms with van der Waals surface area (Å²) < 4.78 is 11.3. The summed E-state index contributed by atoms with van der Waals surface area (Å²) in [4.78, 5) is 28.2. The van der Waals surface area contributed by atoms with Crippen LogP contribution in [0.4, 0.5) is 0 Å². The molecule has 2 aromatic rings. The molecule has 0 radical (unpaired) electrons. The van der Waals surface area contributed by atoms with Gasteiger partial charge in [-0.25, -0.2) is 0 Å². The van der Waals surface area contributed by atoms with Gasteiger partial charge in [0, 0.05) is 19.1 Å². The van der Waals surface area contributed by atoms with Gasteiger partial charge in [-0.1, -0.05) is 37.5 Å². The molecule has 1 N–H and O–H groups in total. The Bertz CT molecular complexity index is 998. The van der Waals surface area contributed by atoms with Crippen LogP contribution < -0.4 is 14.8 Å². The van der Waals surface area contributed by atoms with Crippen LogP contribution in [0.15, 0.2) is 36.4 Å². The first kappa shape index (κ1) is 23.1. The number of hydrogen-bond acceptors (Lipinski definition) is 4. The minimum Gasteiger partial charge on any atom is -0.490 e. The fraction of sp³-hybridized carbons (Fsp3) is 0.481. The van der Waals surface area contributed by atoms with Gasteiger partial charge < -0.3 is 19.7 Å². The SMILES string of the molecule is CCOc1ccc(CCNC(=O)c2cccc3c2C(=O)N(C2CCCCC2)C3)cc1OCC. The minimum absolute atomic E-state index is 0.00974. The Labute approximate surface area is 196 Å². The molecule has 4 rings (SSSR count). The van der Waals surface area contributed by atoms with Gasteiger partial charge in [0.2, 0.25) is 0 Å². The second-order valence-corrected chi connectivity index (χ2v) is 8.72. The lowest BCUT2D eigenvalue weighted by atomic mass is 9.94. The van der Waals surface area contributed by atoms with Gasteiger partial charge in [0.15, 0.2) is 11.5 Å². The topological polar surface area (TPSA) is 67.9 Å². The first-order valence-electron chi connectivity index (χ1n) is 12.2. The number of nitrogens with one attached hydrogen (secondary N) is 1. The maximum atomic E-state index is 13.2. The van der Waals surface area contributed by atoms with Gasteiger partial charge >= 0.3 is 0 Å². The van der Waals surface area contributed by atoms with Crippen molar-refractivity contribution in [2.45, 2.75) is 65.0 Å². The predicted molar refractivity (Wildman–Crippen MR) is 128 cm³/mol. The number of fused-ring (bicyclic) bond motifs is 1. The molecule has 2 aromatic carbocycles. The van der Waals surface area contributed by atoms with Crippen LogP contribution in [0.25, 0.3) is 0 Å². The number of benzene rings is 2. The summed E-state index contributed by atoms with van der Waals surface area (Å²) in [6, 6.07) is 11.8. The van der Waals surface area contributed by atoms with Crippen molar-refractivity contribution in [3.8, 4) is 11.5 Å². The van der Waals surface area contributed by atoms with Crippen molar-refractivity contribution in [1.29, 1.82) is 0 Å². The average Bonchev–Trinajstić information content (AvgIpc) is 3.18. The number of rotatable bonds is 9. The van der Waals surface area contributed by atoms with Gasteiger partial charge in [-0.15, -0.1) is 0 Å². The molecule has 2 amide bonds. The second kappa shape index (κ2) is 10.7. The summed E-state index contributed by atoms with van der Waals surface area (Å²) in [6.45, 7) is 6.12. The summed E-state index contributed by atoms with van der Waals surface area (Å²) >= 11 is 0. The Morgan fingerprint density at radius 3 is 2.55 bits per heavy atom. The number of amides is 2. The zero-order chi connectivity index (χ0) is 23.2. The highest BCUT2D eigenvalue weighted by Gasteiger charge is 2.36. The van der Waals surface area contributed by atoms with E-state index in [-0.39, 0.29) is 11.8 Å². The molecule has 0 atom stereocenters. The van der Waals surface area contributed by atoms with E-state index in [9.17, 15) is 9.59 Å². The van der Waals surface area contributed by atoms with Crippen LogP contribution in [0.5, 0.6) is 11.5 Å². The monoisotopic (exact) mass is 450 g/mol. The summed E-state index contributed by atoms with van der Waals surface area (Å²) in [5.74, 6) is 1.27. The second-order valence-electron chi connectivity index (χ2n) is 8.72. The highest BCUT2D eigenvalue weighted by Crippen LogP contribution is 2.33. The van der Waals surface area contributed by atoms with Crippen LogP contribution in [-0.2, 0) is 13.0 Å². The van der Waals surface area contributed by atoms with Crippen molar-refractivity contribution in [2.75, 3.05) is 19.8 Å². The van der Waals surface area contributed by atoms with E-state index in [1.54, 1.807) is 6.07 Å². The van der Waals surface area contributed by atoms with Gasteiger partial charge in [0.25, 0.3) is 11.8 Å². The van der Waals surface area contributed by atoms with Crippen molar-refractivity contribution >= 4 is 11.8 Å². The van der Waals surface area contributed by atoms with Crippen molar-refractivity contribution < 1.29 is 19.1 Å². The smallest absolute Gasteiger partial charge is 0.255 e. The van der Waals surface area contributed by atoms with Gasteiger partial charge in [-0.3, -0.25) is 9.59 Å². The quantitative estimate of drug-likeness (QED) is 0.599. The molecule has 0 bridgehead atoms. The molecule has 0 unspecified atom stereocenters. The first-order chi connectivity index (χ1) is 16.1. The van der Waals surface area contributed by atoms with Crippen LogP contribution in [-0.4, -0.2) is 42.5 Å². The van der Waals surface area contributed by atoms with Crippen LogP contribution in [0, 0.1) is 0 Å². The number of nitrogens with zero attached hydrogens (tertiary/aromatic N) is 1. The van der Waals surface area contributed by atoms with Gasteiger partial charge in [-0.2, -0.15) is 0 Å². The van der Waals surface area contributed by atoms with E-state index in [1.807, 2.05) is 49.1 Å². The van der Waals surface area contributed by atoms with Crippen molar-refractivity contribution in [3.63, 3.8) is 0 Å². The maximum absolute atomic E-state index is 13.2. The summed E-state index contributed by atoms with van der Waals surface area (Å²) in [5, 5.41) is 3.00. The number of hydrogen-bond donors (Lipinski definition) is 1. The third-order valence-electron chi connectivity index (χ3n) is 6.53. The van der Waals surface area contributed by atoms with E-state index in [4.69, 9.17) is 9.47 Å². The lowest BCUT2D eigenvalue weighted by Crippen LogP contribution is -2.37. The Balaban J connectivity index is 1.40. The summed E-state index contributed by atoms with van der Waals surface area (Å²) in [6.07, 6.45) is 6.39. The molecule has 1 saturated carbocycles. The lowest BCUT2D eigenvalue weighted by Gasteiger charge is -2.30. The molecule has 0 saturated heterocycles. The Morgan fingerprint density at radius 2 is 1.79 bits per heavy atom. The van der Waals surface area contributed by atoms with Gasteiger partial charge in [-0.05, 0) is 62.4 Å². The molecule has 1 aliphatic carbocycles. The van der Waals surface area contributed by atoms with Crippen LogP contribution in [0.1, 0.15) is 77.8 Å². The van der Waals surface area contributed by atoms with E-state index in [2.05, 4.69) is 5.32 Å². The number of ether oxygens (including phenoxy) is 2. The molecule has 1 heterocycles. The zero-order valence-electron chi connectivity index (χ0n) is 19.7. The van der Waals surface area contributed by atoms with Gasteiger partial charge in [0.05, 0.1) is 24.3 Å². The molecule has 176 valence electrons. The van der Waals surface area contributed by atoms with Crippen molar-refractivity contribution in [3.05, 3.63) is 58.7 Å². The predicted octanol–water partition coefficient (Wildman–Crippen LogP) is 4.75. The molecule has 1 aliphatic heterocycles. The average molecular weight is 451 g/mol. The molecule has 2 aliphatic rings. The summed E-state index contributed by atoms with van der Waals surface area (Å²) in [5.41, 5.74) is 3.09. The van der Waals surface area contributed by atoms with Crippen molar-refractivity contribution in [2.24, 2.45) is 0 Å². The fourth-order valence-corrected chi connectivity index (χ4v) is 4.93. The molecule has 6 heteroatoms. The molecule has 33 heavy (non-hydrogen) atoms. The molecule has 0 spiro atoms. The van der Waals surface area contributed by atoms with Crippen LogP contribution >= 0.6 is 0 Å². The Hall–Kier alpha value is -3.02. The van der Waals surface area contributed by atoms with E-state index in [0.717, 1.165) is 35.5 Å². The zero-order valence-corrected chi connectivity index (χ0v) is 19.7. The van der Waals surface area contributed by atoms with E-state index < -0.39 is 0 Å². The molecular formula is C27H34N2O4. The largest absolute Gasteiger partial charge is 0.490 e. The summed E-state index contributed by atoms with van der Waals surface area (Å²) in [7, 11) is 0. The van der Waals surface area contributed by atoms with E-state index >= 15 is 0 Å². The highest BCUT2D eigenvalue weighted by molar-refractivity contribution is 6.09. The number of carbonyl (C=O) groups is 2. The van der Waals surface area contributed by atoms with E-state index in [0.29, 0.717) is 49.9 Å². The van der Waals surface area contributed by atoms with E-state index in [1.165, 1.54) is 19.3 Å². The molecular weight excluding hydrogens is 416 g/mol. The maximum Gasteiger partial charge on any atom is 0.255 e. The standard InChI is InChI=1S/C27H34N2O4/c1-3-32-23-14-13-19(17-24(23)33-4-2)15-16-28-26(30)22-12-8-9-20-18-29(27(31)25(20)22)21-10-6-5-7-11-21/h8-9,12-14,17,21H,3-7,10-11,15-16,18H2,1-2H3,(H,28,30).